The number of hydrogen-bond acceptors (Lipinski definition) is 1. The van der Waals surface area contributed by atoms with Gasteiger partial charge in [-0.25, -0.2) is 8.78 Å². The maximum atomic E-state index is 13.6. The van der Waals surface area contributed by atoms with Crippen molar-refractivity contribution in [3.8, 4) is 0 Å². The summed E-state index contributed by atoms with van der Waals surface area (Å²) in [5.41, 5.74) is -1.15. The van der Waals surface area contributed by atoms with Crippen LogP contribution < -0.4 is 5.32 Å². The monoisotopic (exact) mass is 321 g/mol. The summed E-state index contributed by atoms with van der Waals surface area (Å²) in [4.78, 5) is 0. The minimum atomic E-state index is -5.64. The second kappa shape index (κ2) is 5.78. The van der Waals surface area contributed by atoms with E-state index >= 15 is 0 Å². The lowest BCUT2D eigenvalue weighted by Crippen LogP contribution is -2.45. The van der Waals surface area contributed by atoms with Crippen LogP contribution in [0.4, 0.5) is 35.1 Å². The van der Waals surface area contributed by atoms with Crippen LogP contribution in [0.3, 0.4) is 0 Å². The molecular weight excluding hydrogens is 310 g/mol. The molecule has 0 spiro atoms. The normalized spacial score (nSPS) is 14.6. The van der Waals surface area contributed by atoms with Crippen molar-refractivity contribution in [3.63, 3.8) is 0 Å². The van der Waals surface area contributed by atoms with Gasteiger partial charge in [0, 0.05) is 11.6 Å². The largest absolute Gasteiger partial charge is 0.402 e. The zero-order valence-electron chi connectivity index (χ0n) is 10.8. The fraction of sp³-hybridized carbons (Fsp3) is 0.500. The summed E-state index contributed by atoms with van der Waals surface area (Å²) in [6.07, 6.45) is -11.3. The number of aryl methyl sites for hydroxylation is 1. The molecule has 0 aliphatic heterocycles. The van der Waals surface area contributed by atoms with E-state index in [0.717, 1.165) is 14.0 Å². The van der Waals surface area contributed by atoms with E-state index < -0.39 is 41.5 Å². The Balaban J connectivity index is 3.44. The molecule has 1 unspecified atom stereocenters. The lowest BCUT2D eigenvalue weighted by Gasteiger charge is -2.31. The van der Waals surface area contributed by atoms with Gasteiger partial charge in [0.15, 0.2) is 5.92 Å². The molecule has 1 atom stereocenters. The van der Waals surface area contributed by atoms with Crippen LogP contribution in [0.5, 0.6) is 0 Å². The molecule has 0 aromatic heterocycles. The Morgan fingerprint density at radius 3 is 1.76 bits per heavy atom. The molecule has 1 N–H and O–H groups in total. The summed E-state index contributed by atoms with van der Waals surface area (Å²) in [6.45, 7) is 1.11. The molecule has 0 heterocycles. The van der Waals surface area contributed by atoms with Crippen LogP contribution in [-0.2, 0) is 0 Å². The lowest BCUT2D eigenvalue weighted by atomic mass is 9.90. The summed E-state index contributed by atoms with van der Waals surface area (Å²) < 4.78 is 103. The minimum absolute atomic E-state index is 0.255. The molecular formula is C12H11F8N. The predicted octanol–water partition coefficient (Wildman–Crippen LogP) is 4.27. The third kappa shape index (κ3) is 3.84. The predicted molar refractivity (Wildman–Crippen MR) is 58.5 cm³/mol. The van der Waals surface area contributed by atoms with E-state index in [-0.39, 0.29) is 11.6 Å². The van der Waals surface area contributed by atoms with Gasteiger partial charge >= 0.3 is 12.4 Å². The Kier molecular flexibility index (Phi) is 4.87. The quantitative estimate of drug-likeness (QED) is 0.820. The van der Waals surface area contributed by atoms with Crippen molar-refractivity contribution in [2.75, 3.05) is 7.05 Å². The first-order chi connectivity index (χ1) is 9.39. The van der Waals surface area contributed by atoms with Crippen molar-refractivity contribution in [2.24, 2.45) is 5.92 Å². The van der Waals surface area contributed by atoms with E-state index in [1.165, 1.54) is 0 Å². The Morgan fingerprint density at radius 1 is 0.905 bits per heavy atom. The first-order valence-corrected chi connectivity index (χ1v) is 5.65. The molecule has 0 amide bonds. The molecule has 120 valence electrons. The number of benzene rings is 1. The summed E-state index contributed by atoms with van der Waals surface area (Å²) >= 11 is 0. The van der Waals surface area contributed by atoms with Crippen LogP contribution in [0.25, 0.3) is 0 Å². The number of nitrogens with one attached hydrogen (secondary N) is 1. The molecule has 1 aromatic rings. The SMILES string of the molecule is CNC(c1cc(C)c(F)cc1F)C(C(F)(F)F)C(F)(F)F. The minimum Gasteiger partial charge on any atom is -0.312 e. The van der Waals surface area contributed by atoms with Gasteiger partial charge in [0.25, 0.3) is 0 Å². The van der Waals surface area contributed by atoms with Gasteiger partial charge in [0.1, 0.15) is 11.6 Å². The molecule has 0 bridgehead atoms. The molecule has 1 aromatic carbocycles. The van der Waals surface area contributed by atoms with E-state index in [2.05, 4.69) is 0 Å². The van der Waals surface area contributed by atoms with Crippen LogP contribution in [0.1, 0.15) is 17.2 Å². The maximum absolute atomic E-state index is 13.6. The molecule has 0 radical (unpaired) electrons. The zero-order chi connectivity index (χ0) is 16.6. The van der Waals surface area contributed by atoms with E-state index in [1.807, 2.05) is 5.32 Å². The second-order valence-corrected chi connectivity index (χ2v) is 4.45. The van der Waals surface area contributed by atoms with Gasteiger partial charge in [-0.3, -0.25) is 0 Å². The molecule has 0 fully saturated rings. The first kappa shape index (κ1) is 17.7. The number of rotatable bonds is 3. The van der Waals surface area contributed by atoms with E-state index in [1.54, 1.807) is 0 Å². The van der Waals surface area contributed by atoms with E-state index in [9.17, 15) is 35.1 Å². The molecule has 9 heteroatoms. The van der Waals surface area contributed by atoms with Gasteiger partial charge < -0.3 is 5.32 Å². The Hall–Kier alpha value is -1.38. The number of halogens is 8. The van der Waals surface area contributed by atoms with Crippen LogP contribution in [0.15, 0.2) is 12.1 Å². The average Bonchev–Trinajstić information content (AvgIpc) is 2.27. The number of alkyl halides is 6. The Morgan fingerprint density at radius 2 is 1.38 bits per heavy atom. The second-order valence-electron chi connectivity index (χ2n) is 4.45. The summed E-state index contributed by atoms with van der Waals surface area (Å²) in [7, 11) is 0.841. The van der Waals surface area contributed by atoms with Crippen molar-refractivity contribution >= 4 is 0 Å². The highest BCUT2D eigenvalue weighted by molar-refractivity contribution is 5.29. The molecule has 1 rings (SSSR count). The molecule has 0 saturated heterocycles. The van der Waals surface area contributed by atoms with Crippen molar-refractivity contribution in [3.05, 3.63) is 34.9 Å². The average molecular weight is 321 g/mol. The van der Waals surface area contributed by atoms with Gasteiger partial charge in [-0.15, -0.1) is 0 Å². The van der Waals surface area contributed by atoms with Crippen LogP contribution in [0.2, 0.25) is 0 Å². The summed E-state index contributed by atoms with van der Waals surface area (Å²) in [5, 5.41) is 1.82. The highest BCUT2D eigenvalue weighted by Gasteiger charge is 2.60. The Bertz CT molecular complexity index is 491. The van der Waals surface area contributed by atoms with Crippen LogP contribution in [0, 0.1) is 24.5 Å². The molecule has 0 aliphatic carbocycles. The number of hydrogen-bond donors (Lipinski definition) is 1. The van der Waals surface area contributed by atoms with Gasteiger partial charge in [-0.1, -0.05) is 0 Å². The highest BCUT2D eigenvalue weighted by atomic mass is 19.4. The topological polar surface area (TPSA) is 12.0 Å². The molecule has 0 aliphatic rings. The van der Waals surface area contributed by atoms with Gasteiger partial charge in [-0.2, -0.15) is 26.3 Å². The van der Waals surface area contributed by atoms with E-state index in [0.29, 0.717) is 6.07 Å². The van der Waals surface area contributed by atoms with Crippen molar-refractivity contribution < 1.29 is 35.1 Å². The van der Waals surface area contributed by atoms with Gasteiger partial charge in [0.05, 0.1) is 6.04 Å². The smallest absolute Gasteiger partial charge is 0.312 e. The van der Waals surface area contributed by atoms with Gasteiger partial charge in [-0.05, 0) is 25.6 Å². The zero-order valence-corrected chi connectivity index (χ0v) is 10.8. The van der Waals surface area contributed by atoms with Crippen molar-refractivity contribution in [1.29, 1.82) is 0 Å². The van der Waals surface area contributed by atoms with Crippen LogP contribution >= 0.6 is 0 Å². The van der Waals surface area contributed by atoms with Crippen LogP contribution in [-0.4, -0.2) is 19.4 Å². The molecule has 21 heavy (non-hydrogen) atoms. The highest BCUT2D eigenvalue weighted by Crippen LogP contribution is 2.46. The Labute approximate surface area is 114 Å². The maximum Gasteiger partial charge on any atom is 0.402 e. The fourth-order valence-corrected chi connectivity index (χ4v) is 1.98. The summed E-state index contributed by atoms with van der Waals surface area (Å²) in [6, 6.07) is -1.51. The fourth-order valence-electron chi connectivity index (χ4n) is 1.98. The third-order valence-corrected chi connectivity index (χ3v) is 2.96. The third-order valence-electron chi connectivity index (χ3n) is 2.96. The van der Waals surface area contributed by atoms with Gasteiger partial charge in [0.2, 0.25) is 0 Å². The molecule has 0 saturated carbocycles. The molecule has 1 nitrogen and oxygen atoms in total. The lowest BCUT2D eigenvalue weighted by molar-refractivity contribution is -0.292. The first-order valence-electron chi connectivity index (χ1n) is 5.65. The van der Waals surface area contributed by atoms with Crippen molar-refractivity contribution in [1.82, 2.24) is 5.32 Å². The summed E-state index contributed by atoms with van der Waals surface area (Å²) in [5.74, 6) is -6.34. The standard InChI is InChI=1S/C12H11F8N/c1-5-3-6(8(14)4-7(5)13)9(21-2)10(11(15,16)17)12(18,19)20/h3-4,9-10,21H,1-2H3. The van der Waals surface area contributed by atoms with E-state index in [4.69, 9.17) is 0 Å². The van der Waals surface area contributed by atoms with Crippen molar-refractivity contribution in [2.45, 2.75) is 25.3 Å².